The highest BCUT2D eigenvalue weighted by Crippen LogP contribution is 2.33. The SMILES string of the molecule is CCc1sc2ncc(C=O)n2c1-c1ccc(Cl)cc1. The second-order valence-corrected chi connectivity index (χ2v) is 5.65. The third kappa shape index (κ3) is 1.97. The molecule has 0 bridgehead atoms. The first-order chi connectivity index (χ1) is 9.24. The molecule has 2 heterocycles. The molecule has 0 atom stereocenters. The van der Waals surface area contributed by atoms with E-state index in [1.807, 2.05) is 28.7 Å². The standard InChI is InChI=1S/C14H11ClN2OS/c1-2-12-13(9-3-5-10(15)6-4-9)17-11(8-18)7-16-14(17)19-12/h3-8H,2H2,1H3. The molecule has 0 aliphatic carbocycles. The van der Waals surface area contributed by atoms with Crippen LogP contribution >= 0.6 is 22.9 Å². The van der Waals surface area contributed by atoms with Crippen LogP contribution in [0.25, 0.3) is 16.2 Å². The molecule has 96 valence electrons. The van der Waals surface area contributed by atoms with Gasteiger partial charge in [-0.05, 0) is 24.1 Å². The lowest BCUT2D eigenvalue weighted by atomic mass is 10.1. The van der Waals surface area contributed by atoms with E-state index >= 15 is 0 Å². The van der Waals surface area contributed by atoms with Crippen LogP contribution in [0.1, 0.15) is 22.3 Å². The summed E-state index contributed by atoms with van der Waals surface area (Å²) in [6, 6.07) is 7.66. The Morgan fingerprint density at radius 1 is 1.37 bits per heavy atom. The van der Waals surface area contributed by atoms with E-state index in [0.717, 1.165) is 28.9 Å². The number of halogens is 1. The Kier molecular flexibility index (Phi) is 3.12. The first kappa shape index (κ1) is 12.4. The van der Waals surface area contributed by atoms with E-state index in [0.29, 0.717) is 10.7 Å². The normalized spacial score (nSPS) is 11.1. The molecule has 0 spiro atoms. The zero-order valence-corrected chi connectivity index (χ0v) is 11.8. The van der Waals surface area contributed by atoms with Gasteiger partial charge in [-0.1, -0.05) is 30.7 Å². The molecule has 0 fully saturated rings. The van der Waals surface area contributed by atoms with Gasteiger partial charge in [0, 0.05) is 9.90 Å². The van der Waals surface area contributed by atoms with Gasteiger partial charge in [0.15, 0.2) is 11.2 Å². The third-order valence-electron chi connectivity index (χ3n) is 3.02. The van der Waals surface area contributed by atoms with Crippen LogP contribution in [0, 0.1) is 0 Å². The number of aldehydes is 1. The molecule has 3 rings (SSSR count). The molecule has 0 aliphatic rings. The second-order valence-electron chi connectivity index (χ2n) is 4.15. The summed E-state index contributed by atoms with van der Waals surface area (Å²) in [5.74, 6) is 0. The number of hydrogen-bond donors (Lipinski definition) is 0. The lowest BCUT2D eigenvalue weighted by Gasteiger charge is -2.04. The van der Waals surface area contributed by atoms with E-state index in [-0.39, 0.29) is 0 Å². The monoisotopic (exact) mass is 290 g/mol. The minimum atomic E-state index is 0.580. The smallest absolute Gasteiger partial charge is 0.194 e. The Hall–Kier alpha value is -1.65. The van der Waals surface area contributed by atoms with Crippen molar-refractivity contribution in [1.29, 1.82) is 0 Å². The maximum Gasteiger partial charge on any atom is 0.194 e. The molecule has 0 radical (unpaired) electrons. The van der Waals surface area contributed by atoms with Gasteiger partial charge in [-0.2, -0.15) is 0 Å². The first-order valence-electron chi connectivity index (χ1n) is 5.94. The molecule has 0 N–H and O–H groups in total. The van der Waals surface area contributed by atoms with Crippen molar-refractivity contribution in [3.05, 3.63) is 46.1 Å². The maximum absolute atomic E-state index is 11.1. The summed E-state index contributed by atoms with van der Waals surface area (Å²) in [5.41, 5.74) is 2.67. The first-order valence-corrected chi connectivity index (χ1v) is 7.14. The quantitative estimate of drug-likeness (QED) is 0.681. The molecule has 0 amide bonds. The molecule has 0 saturated carbocycles. The maximum atomic E-state index is 11.1. The largest absolute Gasteiger partial charge is 0.296 e. The molecule has 0 unspecified atom stereocenters. The summed E-state index contributed by atoms with van der Waals surface area (Å²) >= 11 is 7.55. The lowest BCUT2D eigenvalue weighted by Crippen LogP contribution is -1.94. The van der Waals surface area contributed by atoms with E-state index in [4.69, 9.17) is 11.6 Å². The fraction of sp³-hybridized carbons (Fsp3) is 0.143. The third-order valence-corrected chi connectivity index (χ3v) is 4.47. The fourth-order valence-electron chi connectivity index (χ4n) is 2.15. The number of fused-ring (bicyclic) bond motifs is 1. The highest BCUT2D eigenvalue weighted by Gasteiger charge is 2.16. The molecule has 2 aromatic heterocycles. The van der Waals surface area contributed by atoms with Crippen LogP contribution in [-0.2, 0) is 6.42 Å². The summed E-state index contributed by atoms with van der Waals surface area (Å²) in [5, 5.41) is 0.703. The van der Waals surface area contributed by atoms with Gasteiger partial charge in [-0.3, -0.25) is 9.20 Å². The highest BCUT2D eigenvalue weighted by atomic mass is 35.5. The highest BCUT2D eigenvalue weighted by molar-refractivity contribution is 7.17. The van der Waals surface area contributed by atoms with Crippen LogP contribution in [0.2, 0.25) is 5.02 Å². The van der Waals surface area contributed by atoms with Crippen LogP contribution in [0.15, 0.2) is 30.5 Å². The number of thiazole rings is 1. The van der Waals surface area contributed by atoms with Gasteiger partial charge in [0.2, 0.25) is 0 Å². The Morgan fingerprint density at radius 2 is 2.11 bits per heavy atom. The number of nitrogens with zero attached hydrogens (tertiary/aromatic N) is 2. The van der Waals surface area contributed by atoms with E-state index in [2.05, 4.69) is 11.9 Å². The van der Waals surface area contributed by atoms with Gasteiger partial charge in [-0.25, -0.2) is 4.98 Å². The Morgan fingerprint density at radius 3 is 2.74 bits per heavy atom. The molecule has 0 saturated heterocycles. The van der Waals surface area contributed by atoms with Gasteiger partial charge in [-0.15, -0.1) is 11.3 Å². The zero-order valence-electron chi connectivity index (χ0n) is 10.3. The van der Waals surface area contributed by atoms with Crippen LogP contribution in [0.4, 0.5) is 0 Å². The molecule has 0 aliphatic heterocycles. The van der Waals surface area contributed by atoms with Crippen LogP contribution < -0.4 is 0 Å². The predicted molar refractivity (Wildman–Crippen MR) is 78.3 cm³/mol. The van der Waals surface area contributed by atoms with Crippen molar-refractivity contribution in [2.75, 3.05) is 0 Å². The summed E-state index contributed by atoms with van der Waals surface area (Å²) in [6.07, 6.45) is 3.35. The fourth-order valence-corrected chi connectivity index (χ4v) is 3.34. The number of carbonyl (C=O) groups excluding carboxylic acids is 1. The second kappa shape index (κ2) is 4.79. The molecule has 3 aromatic rings. The average molecular weight is 291 g/mol. The van der Waals surface area contributed by atoms with Crippen molar-refractivity contribution in [2.45, 2.75) is 13.3 Å². The van der Waals surface area contributed by atoms with E-state index < -0.39 is 0 Å². The number of rotatable bonds is 3. The number of benzene rings is 1. The van der Waals surface area contributed by atoms with Gasteiger partial charge in [0.1, 0.15) is 5.69 Å². The topological polar surface area (TPSA) is 34.4 Å². The molecule has 5 heteroatoms. The van der Waals surface area contributed by atoms with Crippen molar-refractivity contribution in [3.63, 3.8) is 0 Å². The molecule has 3 nitrogen and oxygen atoms in total. The van der Waals surface area contributed by atoms with Crippen LogP contribution in [0.3, 0.4) is 0 Å². The van der Waals surface area contributed by atoms with Gasteiger partial charge < -0.3 is 0 Å². The van der Waals surface area contributed by atoms with Crippen molar-refractivity contribution in [2.24, 2.45) is 0 Å². The lowest BCUT2D eigenvalue weighted by molar-refractivity contribution is 0.111. The number of imidazole rings is 1. The molecule has 1 aromatic carbocycles. The minimum Gasteiger partial charge on any atom is -0.296 e. The number of aryl methyl sites for hydroxylation is 1. The Labute approximate surface area is 119 Å². The summed E-state index contributed by atoms with van der Waals surface area (Å²) in [6.45, 7) is 2.10. The number of hydrogen-bond acceptors (Lipinski definition) is 3. The minimum absolute atomic E-state index is 0.580. The van der Waals surface area contributed by atoms with Crippen molar-refractivity contribution in [1.82, 2.24) is 9.38 Å². The van der Waals surface area contributed by atoms with Crippen molar-refractivity contribution >= 4 is 34.2 Å². The van der Waals surface area contributed by atoms with Gasteiger partial charge >= 0.3 is 0 Å². The van der Waals surface area contributed by atoms with E-state index in [1.165, 1.54) is 4.88 Å². The summed E-state index contributed by atoms with van der Waals surface area (Å²) in [4.78, 5) is 17.5. The number of aromatic nitrogens is 2. The van der Waals surface area contributed by atoms with Crippen LogP contribution in [-0.4, -0.2) is 15.7 Å². The zero-order chi connectivity index (χ0) is 13.4. The van der Waals surface area contributed by atoms with Crippen molar-refractivity contribution < 1.29 is 4.79 Å². The number of carbonyl (C=O) groups is 1. The molecular formula is C14H11ClN2OS. The van der Waals surface area contributed by atoms with Crippen molar-refractivity contribution in [3.8, 4) is 11.3 Å². The average Bonchev–Trinajstić information content (AvgIpc) is 2.97. The Balaban J connectivity index is 2.33. The van der Waals surface area contributed by atoms with E-state index in [1.54, 1.807) is 17.5 Å². The van der Waals surface area contributed by atoms with Crippen LogP contribution in [0.5, 0.6) is 0 Å². The predicted octanol–water partition coefficient (Wildman–Crippen LogP) is 4.09. The van der Waals surface area contributed by atoms with Gasteiger partial charge in [0.05, 0.1) is 11.9 Å². The van der Waals surface area contributed by atoms with Gasteiger partial charge in [0.25, 0.3) is 0 Å². The van der Waals surface area contributed by atoms with E-state index in [9.17, 15) is 4.79 Å². The Bertz CT molecular complexity index is 743. The molecule has 19 heavy (non-hydrogen) atoms. The summed E-state index contributed by atoms with van der Waals surface area (Å²) < 4.78 is 1.92. The molecular weight excluding hydrogens is 280 g/mol. The summed E-state index contributed by atoms with van der Waals surface area (Å²) in [7, 11) is 0.